The molecular formula is C25H27FN2O7S2. The fraction of sp³-hybridized carbons (Fsp3) is 0.280. The summed E-state index contributed by atoms with van der Waals surface area (Å²) in [5, 5.41) is 2.83. The molecule has 3 aromatic rings. The summed E-state index contributed by atoms with van der Waals surface area (Å²) in [5.41, 5.74) is -0.0110. The lowest BCUT2D eigenvalue weighted by molar-refractivity contribution is -0.148. The van der Waals surface area contributed by atoms with Gasteiger partial charge in [0.15, 0.2) is 0 Å². The Hall–Kier alpha value is -3.51. The molecule has 1 aromatic heterocycles. The monoisotopic (exact) mass is 550 g/mol. The molecule has 37 heavy (non-hydrogen) atoms. The predicted octanol–water partition coefficient (Wildman–Crippen LogP) is 4.01. The Morgan fingerprint density at radius 1 is 1.16 bits per heavy atom. The van der Waals surface area contributed by atoms with E-state index in [1.807, 2.05) is 0 Å². The molecule has 1 heterocycles. The SMILES string of the molecule is CNC(=O)c1c(-c2ccc(F)cc2)oc2cc(N(S(C)=O)S(C)(=O)=O)c(/C=C/C(=O)OC(C)(C)C)cc12. The van der Waals surface area contributed by atoms with Gasteiger partial charge in [-0.3, -0.25) is 4.79 Å². The molecule has 1 amide bonds. The molecule has 1 atom stereocenters. The number of benzene rings is 2. The molecule has 0 aliphatic carbocycles. The van der Waals surface area contributed by atoms with Gasteiger partial charge in [-0.15, -0.1) is 0 Å². The zero-order valence-electron chi connectivity index (χ0n) is 21.1. The number of anilines is 1. The molecule has 0 saturated carbocycles. The third-order valence-electron chi connectivity index (χ3n) is 4.94. The normalized spacial score (nSPS) is 13.1. The summed E-state index contributed by atoms with van der Waals surface area (Å²) in [6.45, 7) is 5.08. The lowest BCUT2D eigenvalue weighted by atomic mass is 10.0. The lowest BCUT2D eigenvalue weighted by Gasteiger charge is -2.21. The lowest BCUT2D eigenvalue weighted by Crippen LogP contribution is -2.31. The van der Waals surface area contributed by atoms with Crippen LogP contribution in [0.2, 0.25) is 0 Å². The molecule has 0 aliphatic heterocycles. The minimum absolute atomic E-state index is 0.0431. The van der Waals surface area contributed by atoms with Crippen molar-refractivity contribution in [2.45, 2.75) is 26.4 Å². The molecule has 9 nitrogen and oxygen atoms in total. The number of carbonyl (C=O) groups excluding carboxylic acids is 2. The van der Waals surface area contributed by atoms with Crippen molar-refractivity contribution >= 4 is 55.6 Å². The van der Waals surface area contributed by atoms with Crippen LogP contribution in [0.3, 0.4) is 0 Å². The molecule has 0 bridgehead atoms. The van der Waals surface area contributed by atoms with Gasteiger partial charge >= 0.3 is 5.97 Å². The van der Waals surface area contributed by atoms with E-state index < -0.39 is 44.3 Å². The summed E-state index contributed by atoms with van der Waals surface area (Å²) in [6, 6.07) is 8.08. The minimum atomic E-state index is -4.04. The maximum atomic E-state index is 13.5. The highest BCUT2D eigenvalue weighted by Gasteiger charge is 2.28. The van der Waals surface area contributed by atoms with E-state index in [4.69, 9.17) is 9.15 Å². The van der Waals surface area contributed by atoms with Crippen molar-refractivity contribution in [2.24, 2.45) is 0 Å². The highest BCUT2D eigenvalue weighted by Crippen LogP contribution is 2.39. The number of nitrogens with zero attached hydrogens (tertiary/aromatic N) is 1. The summed E-state index contributed by atoms with van der Waals surface area (Å²) >= 11 is 0. The standard InChI is InChI=1S/C25H27FN2O7S2/c1-25(2,3)35-21(29)12-9-16-13-18-20(14-19(16)28(36(5)31)37(6,32)33)34-23(22(18)24(30)27-4)15-7-10-17(26)11-8-15/h7-14H,1-6H3,(H,27,30)/b12-9+. The predicted molar refractivity (Wildman–Crippen MR) is 141 cm³/mol. The average molecular weight is 551 g/mol. The molecule has 0 fully saturated rings. The highest BCUT2D eigenvalue weighted by atomic mass is 32.3. The van der Waals surface area contributed by atoms with Gasteiger partial charge in [0, 0.05) is 42.0 Å². The van der Waals surface area contributed by atoms with E-state index in [-0.39, 0.29) is 28.2 Å². The van der Waals surface area contributed by atoms with E-state index in [2.05, 4.69) is 5.32 Å². The molecule has 2 aromatic carbocycles. The van der Waals surface area contributed by atoms with Crippen LogP contribution in [0.25, 0.3) is 28.4 Å². The summed E-state index contributed by atoms with van der Waals surface area (Å²) in [5.74, 6) is -1.55. The molecule has 12 heteroatoms. The third-order valence-corrected chi connectivity index (χ3v) is 7.84. The van der Waals surface area contributed by atoms with E-state index in [0.29, 0.717) is 14.7 Å². The van der Waals surface area contributed by atoms with Crippen LogP contribution >= 0.6 is 0 Å². The number of fused-ring (bicyclic) bond motifs is 1. The van der Waals surface area contributed by atoms with Crippen LogP contribution < -0.4 is 9.03 Å². The van der Waals surface area contributed by atoms with Crippen LogP contribution in [0.4, 0.5) is 10.1 Å². The first-order chi connectivity index (χ1) is 17.1. The second kappa shape index (κ2) is 10.5. The van der Waals surface area contributed by atoms with Crippen molar-refractivity contribution in [3.63, 3.8) is 0 Å². The number of nitrogens with one attached hydrogen (secondary N) is 1. The number of esters is 1. The highest BCUT2D eigenvalue weighted by molar-refractivity contribution is 8.06. The van der Waals surface area contributed by atoms with E-state index in [9.17, 15) is 26.6 Å². The van der Waals surface area contributed by atoms with E-state index in [1.165, 1.54) is 55.8 Å². The number of amides is 1. The Balaban J connectivity index is 2.35. The Kier molecular flexibility index (Phi) is 7.94. The molecule has 1 unspecified atom stereocenters. The first-order valence-electron chi connectivity index (χ1n) is 11.0. The molecule has 3 rings (SSSR count). The van der Waals surface area contributed by atoms with Crippen molar-refractivity contribution in [3.05, 3.63) is 59.4 Å². The molecule has 0 spiro atoms. The Morgan fingerprint density at radius 2 is 1.78 bits per heavy atom. The number of hydrogen-bond acceptors (Lipinski definition) is 7. The minimum Gasteiger partial charge on any atom is -0.457 e. The molecule has 0 saturated heterocycles. The van der Waals surface area contributed by atoms with Crippen molar-refractivity contribution in [1.29, 1.82) is 0 Å². The van der Waals surface area contributed by atoms with Gasteiger partial charge in [0.25, 0.3) is 5.91 Å². The maximum Gasteiger partial charge on any atom is 0.331 e. The Labute approximate surface area is 216 Å². The second-order valence-electron chi connectivity index (χ2n) is 9.08. The molecular weight excluding hydrogens is 523 g/mol. The Bertz CT molecular complexity index is 1520. The van der Waals surface area contributed by atoms with Gasteiger partial charge in [0.05, 0.1) is 17.5 Å². The zero-order chi connectivity index (χ0) is 27.7. The second-order valence-corrected chi connectivity index (χ2v) is 12.4. The smallest absolute Gasteiger partial charge is 0.331 e. The van der Waals surface area contributed by atoms with Crippen molar-refractivity contribution in [2.75, 3.05) is 23.3 Å². The molecule has 1 N–H and O–H groups in total. The summed E-state index contributed by atoms with van der Waals surface area (Å²) in [6.07, 6.45) is 4.50. The van der Waals surface area contributed by atoms with E-state index in [0.717, 1.165) is 12.3 Å². The van der Waals surface area contributed by atoms with Crippen LogP contribution in [0.15, 0.2) is 46.9 Å². The molecule has 0 aliphatic rings. The number of furan rings is 1. The van der Waals surface area contributed by atoms with Gasteiger partial charge in [0.2, 0.25) is 10.0 Å². The van der Waals surface area contributed by atoms with Crippen LogP contribution in [0.1, 0.15) is 36.7 Å². The largest absolute Gasteiger partial charge is 0.457 e. The van der Waals surface area contributed by atoms with Gasteiger partial charge in [0.1, 0.15) is 33.7 Å². The van der Waals surface area contributed by atoms with Crippen molar-refractivity contribution in [1.82, 2.24) is 5.32 Å². The van der Waals surface area contributed by atoms with Crippen molar-refractivity contribution in [3.8, 4) is 11.3 Å². The summed E-state index contributed by atoms with van der Waals surface area (Å²) in [7, 11) is -4.63. The van der Waals surface area contributed by atoms with Gasteiger partial charge in [-0.05, 0) is 57.2 Å². The van der Waals surface area contributed by atoms with Crippen LogP contribution in [0.5, 0.6) is 0 Å². The number of carbonyl (C=O) groups is 2. The van der Waals surface area contributed by atoms with Gasteiger partial charge in [-0.1, -0.05) is 0 Å². The van der Waals surface area contributed by atoms with E-state index in [1.54, 1.807) is 20.8 Å². The molecule has 198 valence electrons. The fourth-order valence-electron chi connectivity index (χ4n) is 3.60. The van der Waals surface area contributed by atoms with Gasteiger partial charge in [-0.2, -0.15) is 3.71 Å². The third kappa shape index (κ3) is 6.44. The first kappa shape index (κ1) is 28.1. The van der Waals surface area contributed by atoms with Gasteiger partial charge in [-0.25, -0.2) is 21.8 Å². The van der Waals surface area contributed by atoms with Gasteiger partial charge < -0.3 is 14.5 Å². The van der Waals surface area contributed by atoms with Crippen LogP contribution in [-0.4, -0.2) is 49.7 Å². The number of halogens is 1. The van der Waals surface area contributed by atoms with Crippen LogP contribution in [0, 0.1) is 5.82 Å². The number of hydrogen-bond donors (Lipinski definition) is 1. The number of sulfonamides is 1. The molecule has 0 radical (unpaired) electrons. The quantitative estimate of drug-likeness (QED) is 0.348. The zero-order valence-corrected chi connectivity index (χ0v) is 22.8. The van der Waals surface area contributed by atoms with Crippen LogP contribution in [-0.2, 0) is 30.5 Å². The Morgan fingerprint density at radius 3 is 2.30 bits per heavy atom. The topological polar surface area (TPSA) is 123 Å². The number of rotatable bonds is 7. The first-order valence-corrected chi connectivity index (χ1v) is 14.3. The van der Waals surface area contributed by atoms with Crippen molar-refractivity contribution < 1.29 is 35.8 Å². The fourth-order valence-corrected chi connectivity index (χ4v) is 6.07. The van der Waals surface area contributed by atoms with E-state index >= 15 is 0 Å². The summed E-state index contributed by atoms with van der Waals surface area (Å²) < 4.78 is 63.0. The number of ether oxygens (including phenoxy) is 1. The maximum absolute atomic E-state index is 13.5. The summed E-state index contributed by atoms with van der Waals surface area (Å²) in [4.78, 5) is 25.2. The average Bonchev–Trinajstić information content (AvgIpc) is 3.13.